The van der Waals surface area contributed by atoms with E-state index in [0.717, 1.165) is 0 Å². The normalized spacial score (nSPS) is 16.2. The van der Waals surface area contributed by atoms with Crippen molar-refractivity contribution in [2.24, 2.45) is 5.73 Å². The molecular formula is C9H22N2O2. The fraction of sp³-hybridized carbons (Fsp3) is 1.00. The van der Waals surface area contributed by atoms with E-state index in [-0.39, 0.29) is 12.1 Å². The predicted molar refractivity (Wildman–Crippen MR) is 53.3 cm³/mol. The Balaban J connectivity index is 3.25. The highest BCUT2D eigenvalue weighted by molar-refractivity contribution is 4.52. The molecule has 0 spiro atoms. The SMILES string of the molecule is CC(N)COCC(C)ONC(C)C. The molecule has 0 aliphatic rings. The fourth-order valence-corrected chi connectivity index (χ4v) is 0.706. The number of hydroxylamine groups is 1. The largest absolute Gasteiger partial charge is 0.377 e. The van der Waals surface area contributed by atoms with Gasteiger partial charge < -0.3 is 10.5 Å². The van der Waals surface area contributed by atoms with E-state index < -0.39 is 0 Å². The van der Waals surface area contributed by atoms with Crippen molar-refractivity contribution >= 4 is 0 Å². The van der Waals surface area contributed by atoms with Crippen LogP contribution >= 0.6 is 0 Å². The van der Waals surface area contributed by atoms with Gasteiger partial charge in [-0.2, -0.15) is 5.48 Å². The van der Waals surface area contributed by atoms with Crippen LogP contribution in [0.4, 0.5) is 0 Å². The zero-order valence-electron chi connectivity index (χ0n) is 9.04. The van der Waals surface area contributed by atoms with E-state index in [1.807, 2.05) is 27.7 Å². The number of rotatable bonds is 7. The molecule has 0 amide bonds. The molecule has 0 aliphatic carbocycles. The van der Waals surface area contributed by atoms with E-state index in [0.29, 0.717) is 19.3 Å². The molecule has 0 aromatic rings. The number of nitrogens with one attached hydrogen (secondary N) is 1. The minimum absolute atomic E-state index is 0.0566. The molecule has 80 valence electrons. The Morgan fingerprint density at radius 2 is 1.77 bits per heavy atom. The summed E-state index contributed by atoms with van der Waals surface area (Å²) in [7, 11) is 0. The monoisotopic (exact) mass is 190 g/mol. The van der Waals surface area contributed by atoms with Crippen LogP contribution < -0.4 is 11.2 Å². The Morgan fingerprint density at radius 3 is 2.23 bits per heavy atom. The van der Waals surface area contributed by atoms with Crippen molar-refractivity contribution in [1.82, 2.24) is 5.48 Å². The Bertz CT molecular complexity index is 118. The zero-order chi connectivity index (χ0) is 10.3. The summed E-state index contributed by atoms with van der Waals surface area (Å²) in [5.74, 6) is 0. The first kappa shape index (κ1) is 12.8. The molecule has 2 unspecified atom stereocenters. The lowest BCUT2D eigenvalue weighted by Crippen LogP contribution is -2.31. The number of hydrogen-bond donors (Lipinski definition) is 2. The van der Waals surface area contributed by atoms with E-state index >= 15 is 0 Å². The Morgan fingerprint density at radius 1 is 1.15 bits per heavy atom. The molecule has 0 aliphatic heterocycles. The molecule has 4 heteroatoms. The highest BCUT2D eigenvalue weighted by Crippen LogP contribution is 1.91. The van der Waals surface area contributed by atoms with Gasteiger partial charge in [-0.3, -0.25) is 4.84 Å². The second-order valence-electron chi connectivity index (χ2n) is 3.72. The van der Waals surface area contributed by atoms with Crippen LogP contribution in [0.1, 0.15) is 27.7 Å². The van der Waals surface area contributed by atoms with E-state index in [9.17, 15) is 0 Å². The van der Waals surface area contributed by atoms with Crippen LogP contribution in [-0.2, 0) is 9.57 Å². The lowest BCUT2D eigenvalue weighted by atomic mass is 10.4. The summed E-state index contributed by atoms with van der Waals surface area (Å²) in [6, 6.07) is 0.418. The predicted octanol–water partition coefficient (Wildman–Crippen LogP) is 0.668. The quantitative estimate of drug-likeness (QED) is 0.579. The molecule has 13 heavy (non-hydrogen) atoms. The van der Waals surface area contributed by atoms with Gasteiger partial charge in [-0.25, -0.2) is 0 Å². The highest BCUT2D eigenvalue weighted by atomic mass is 16.7. The van der Waals surface area contributed by atoms with Gasteiger partial charge in [0, 0.05) is 12.1 Å². The second kappa shape index (κ2) is 7.26. The summed E-state index contributed by atoms with van der Waals surface area (Å²) in [5.41, 5.74) is 8.39. The van der Waals surface area contributed by atoms with E-state index in [1.165, 1.54) is 0 Å². The van der Waals surface area contributed by atoms with Crippen molar-refractivity contribution in [2.75, 3.05) is 13.2 Å². The molecule has 2 atom stereocenters. The van der Waals surface area contributed by atoms with Crippen LogP contribution in [0.2, 0.25) is 0 Å². The van der Waals surface area contributed by atoms with Crippen molar-refractivity contribution in [1.29, 1.82) is 0 Å². The van der Waals surface area contributed by atoms with Gasteiger partial charge in [-0.05, 0) is 27.7 Å². The number of nitrogens with two attached hydrogens (primary N) is 1. The van der Waals surface area contributed by atoms with Crippen molar-refractivity contribution in [3.05, 3.63) is 0 Å². The fourth-order valence-electron chi connectivity index (χ4n) is 0.706. The van der Waals surface area contributed by atoms with Gasteiger partial charge in [-0.1, -0.05) is 0 Å². The topological polar surface area (TPSA) is 56.5 Å². The molecule has 3 N–H and O–H groups in total. The van der Waals surface area contributed by atoms with Gasteiger partial charge in [0.2, 0.25) is 0 Å². The van der Waals surface area contributed by atoms with Crippen molar-refractivity contribution < 1.29 is 9.57 Å². The lowest BCUT2D eigenvalue weighted by Gasteiger charge is -2.16. The Hall–Kier alpha value is -0.160. The maximum atomic E-state index is 5.52. The molecular weight excluding hydrogens is 168 g/mol. The first-order chi connectivity index (χ1) is 6.02. The summed E-state index contributed by atoms with van der Waals surface area (Å²) in [6.07, 6.45) is 0.0566. The standard InChI is InChI=1S/C9H22N2O2/c1-7(2)11-13-9(4)6-12-5-8(3)10/h7-9,11H,5-6,10H2,1-4H3. The summed E-state index contributed by atoms with van der Waals surface area (Å²) < 4.78 is 5.30. The number of ether oxygens (including phenoxy) is 1. The van der Waals surface area contributed by atoms with E-state index in [1.54, 1.807) is 0 Å². The number of hydrogen-bond acceptors (Lipinski definition) is 4. The average molecular weight is 190 g/mol. The zero-order valence-corrected chi connectivity index (χ0v) is 9.04. The summed E-state index contributed by atoms with van der Waals surface area (Å²) in [5, 5.41) is 0. The van der Waals surface area contributed by atoms with Gasteiger partial charge in [-0.15, -0.1) is 0 Å². The van der Waals surface area contributed by atoms with Crippen LogP contribution in [-0.4, -0.2) is 31.4 Å². The van der Waals surface area contributed by atoms with Gasteiger partial charge >= 0.3 is 0 Å². The molecule has 0 radical (unpaired) electrons. The third-order valence-electron chi connectivity index (χ3n) is 1.24. The molecule has 0 aromatic carbocycles. The summed E-state index contributed by atoms with van der Waals surface area (Å²) in [4.78, 5) is 5.27. The van der Waals surface area contributed by atoms with Crippen LogP contribution in [0.15, 0.2) is 0 Å². The van der Waals surface area contributed by atoms with Crippen LogP contribution in [0.25, 0.3) is 0 Å². The molecule has 0 saturated carbocycles. The lowest BCUT2D eigenvalue weighted by molar-refractivity contribution is -0.0686. The Kier molecular flexibility index (Phi) is 7.17. The van der Waals surface area contributed by atoms with Gasteiger partial charge in [0.25, 0.3) is 0 Å². The molecule has 0 aromatic heterocycles. The first-order valence-electron chi connectivity index (χ1n) is 4.77. The van der Waals surface area contributed by atoms with Crippen LogP contribution in [0.3, 0.4) is 0 Å². The smallest absolute Gasteiger partial charge is 0.0995 e. The molecule has 0 rings (SSSR count). The molecule has 0 bridgehead atoms. The van der Waals surface area contributed by atoms with Gasteiger partial charge in [0.05, 0.1) is 19.3 Å². The van der Waals surface area contributed by atoms with E-state index in [2.05, 4.69) is 5.48 Å². The Labute approximate surface area is 80.7 Å². The minimum Gasteiger partial charge on any atom is -0.377 e. The maximum absolute atomic E-state index is 5.52. The maximum Gasteiger partial charge on any atom is 0.0995 e. The van der Waals surface area contributed by atoms with Crippen LogP contribution in [0, 0.1) is 0 Å². The van der Waals surface area contributed by atoms with Gasteiger partial charge in [0.15, 0.2) is 0 Å². The van der Waals surface area contributed by atoms with Crippen molar-refractivity contribution in [2.45, 2.75) is 45.9 Å². The van der Waals surface area contributed by atoms with Crippen molar-refractivity contribution in [3.63, 3.8) is 0 Å². The highest BCUT2D eigenvalue weighted by Gasteiger charge is 2.04. The van der Waals surface area contributed by atoms with Gasteiger partial charge in [0.1, 0.15) is 0 Å². The third-order valence-corrected chi connectivity index (χ3v) is 1.24. The van der Waals surface area contributed by atoms with Crippen LogP contribution in [0.5, 0.6) is 0 Å². The van der Waals surface area contributed by atoms with E-state index in [4.69, 9.17) is 15.3 Å². The first-order valence-corrected chi connectivity index (χ1v) is 4.77. The summed E-state index contributed by atoms with van der Waals surface area (Å²) >= 11 is 0. The second-order valence-corrected chi connectivity index (χ2v) is 3.72. The molecule has 0 saturated heterocycles. The van der Waals surface area contributed by atoms with Crippen molar-refractivity contribution in [3.8, 4) is 0 Å². The third kappa shape index (κ3) is 9.76. The molecule has 0 fully saturated rings. The molecule has 4 nitrogen and oxygen atoms in total. The molecule has 0 heterocycles. The minimum atomic E-state index is 0.0566. The average Bonchev–Trinajstić information content (AvgIpc) is 2.00. The summed E-state index contributed by atoms with van der Waals surface area (Å²) in [6.45, 7) is 9.07.